The molecular weight excluding hydrogens is 363 g/mol. The smallest absolute Gasteiger partial charge is 0.338 e. The van der Waals surface area contributed by atoms with E-state index < -0.39 is 0 Å². The summed E-state index contributed by atoms with van der Waals surface area (Å²) < 4.78 is 7.14. The number of ether oxygens (including phenoxy) is 1. The summed E-state index contributed by atoms with van der Waals surface area (Å²) in [5, 5.41) is 0.314. The predicted octanol–water partition coefficient (Wildman–Crippen LogP) is 3.85. The molecule has 0 atom stereocenters. The Hall–Kier alpha value is -2.44. The summed E-state index contributed by atoms with van der Waals surface area (Å²) >= 11 is 11.8. The van der Waals surface area contributed by atoms with E-state index in [1.54, 1.807) is 30.6 Å². The number of carbonyl (C=O) groups is 1. The first-order valence-electron chi connectivity index (χ1n) is 7.50. The van der Waals surface area contributed by atoms with Gasteiger partial charge in [-0.25, -0.2) is 19.7 Å². The predicted molar refractivity (Wildman–Crippen MR) is 95.6 cm³/mol. The Morgan fingerprint density at radius 3 is 2.76 bits per heavy atom. The van der Waals surface area contributed by atoms with Crippen LogP contribution in [0.15, 0.2) is 54.1 Å². The lowest BCUT2D eigenvalue weighted by molar-refractivity contribution is 0.0537. The van der Waals surface area contributed by atoms with Crippen molar-refractivity contribution in [1.82, 2.24) is 19.5 Å². The number of benzene rings is 1. The monoisotopic (exact) mass is 376 g/mol. The van der Waals surface area contributed by atoms with Crippen molar-refractivity contribution in [2.75, 3.05) is 6.61 Å². The highest BCUT2D eigenvalue weighted by molar-refractivity contribution is 6.33. The van der Waals surface area contributed by atoms with Crippen LogP contribution in [0.25, 0.3) is 11.2 Å². The average Bonchev–Trinajstić information content (AvgIpc) is 3.07. The molecule has 0 N–H and O–H groups in total. The molecule has 2 heterocycles. The minimum absolute atomic E-state index is 0.125. The maximum Gasteiger partial charge on any atom is 0.338 e. The minimum atomic E-state index is -0.385. The molecule has 0 spiro atoms. The van der Waals surface area contributed by atoms with Crippen LogP contribution in [-0.4, -0.2) is 32.1 Å². The summed E-state index contributed by atoms with van der Waals surface area (Å²) in [4.78, 5) is 24.3. The number of halogens is 2. The number of carbonyl (C=O) groups excluding carboxylic acids is 1. The lowest BCUT2D eigenvalue weighted by Gasteiger charge is -2.09. The molecular formula is C17H14Cl2N4O2. The molecule has 0 saturated heterocycles. The van der Waals surface area contributed by atoms with Crippen molar-refractivity contribution in [2.45, 2.75) is 13.0 Å². The van der Waals surface area contributed by atoms with Gasteiger partial charge in [0.15, 0.2) is 10.8 Å². The topological polar surface area (TPSA) is 69.9 Å². The molecule has 0 unspecified atom stereocenters. The zero-order valence-electron chi connectivity index (χ0n) is 13.1. The Kier molecular flexibility index (Phi) is 5.63. The van der Waals surface area contributed by atoms with E-state index in [-0.39, 0.29) is 12.6 Å². The van der Waals surface area contributed by atoms with Crippen LogP contribution in [0, 0.1) is 0 Å². The molecule has 0 bridgehead atoms. The molecule has 2 aromatic heterocycles. The zero-order chi connectivity index (χ0) is 17.6. The summed E-state index contributed by atoms with van der Waals surface area (Å²) in [6.07, 6.45) is 3.62. The number of aryl methyl sites for hydroxylation is 1. The number of rotatable bonds is 6. The summed E-state index contributed by atoms with van der Waals surface area (Å²) in [6, 6.07) is 8.81. The van der Waals surface area contributed by atoms with E-state index >= 15 is 0 Å². The van der Waals surface area contributed by atoms with Gasteiger partial charge in [-0.2, -0.15) is 0 Å². The first-order valence-corrected chi connectivity index (χ1v) is 8.32. The SMILES string of the molecule is O=C(OCC(=CCl)CCn1cnc2c(Cl)ncnc21)c1ccccc1. The first-order chi connectivity index (χ1) is 12.2. The zero-order valence-corrected chi connectivity index (χ0v) is 14.6. The lowest BCUT2D eigenvalue weighted by Crippen LogP contribution is -2.09. The molecule has 3 aromatic rings. The quantitative estimate of drug-likeness (QED) is 0.482. The van der Waals surface area contributed by atoms with Crippen LogP contribution in [-0.2, 0) is 11.3 Å². The molecule has 0 aliphatic heterocycles. The molecule has 0 saturated carbocycles. The van der Waals surface area contributed by atoms with Crippen LogP contribution in [0.2, 0.25) is 5.15 Å². The van der Waals surface area contributed by atoms with E-state index in [1.165, 1.54) is 11.9 Å². The van der Waals surface area contributed by atoms with Gasteiger partial charge in [-0.15, -0.1) is 0 Å². The molecule has 128 valence electrons. The second-order valence-electron chi connectivity index (χ2n) is 5.23. The van der Waals surface area contributed by atoms with Crippen LogP contribution in [0.1, 0.15) is 16.8 Å². The standard InChI is InChI=1S/C17H14Cl2N4O2/c18-8-12(9-25-17(24)13-4-2-1-3-5-13)6-7-23-11-22-14-15(19)20-10-21-16(14)23/h1-5,8,10-11H,6-7,9H2. The Bertz CT molecular complexity index is 909. The van der Waals surface area contributed by atoms with Crippen molar-refractivity contribution in [1.29, 1.82) is 0 Å². The van der Waals surface area contributed by atoms with Gasteiger partial charge < -0.3 is 9.30 Å². The van der Waals surface area contributed by atoms with Gasteiger partial charge in [-0.3, -0.25) is 0 Å². The molecule has 0 aliphatic rings. The van der Waals surface area contributed by atoms with E-state index in [0.29, 0.717) is 34.8 Å². The Morgan fingerprint density at radius 2 is 2.00 bits per heavy atom. The van der Waals surface area contributed by atoms with Crippen molar-refractivity contribution in [3.05, 3.63) is 64.8 Å². The van der Waals surface area contributed by atoms with Crippen molar-refractivity contribution < 1.29 is 9.53 Å². The first kappa shape index (κ1) is 17.4. The van der Waals surface area contributed by atoms with E-state index in [0.717, 1.165) is 5.57 Å². The highest BCUT2D eigenvalue weighted by Gasteiger charge is 2.10. The van der Waals surface area contributed by atoms with Crippen molar-refractivity contribution in [3.8, 4) is 0 Å². The van der Waals surface area contributed by atoms with E-state index in [9.17, 15) is 4.79 Å². The summed E-state index contributed by atoms with van der Waals surface area (Å²) in [6.45, 7) is 0.699. The second-order valence-corrected chi connectivity index (χ2v) is 5.81. The van der Waals surface area contributed by atoms with Crippen molar-refractivity contribution in [3.63, 3.8) is 0 Å². The summed E-state index contributed by atoms with van der Waals surface area (Å²) in [5.41, 5.74) is 3.92. The Balaban J connectivity index is 1.59. The van der Waals surface area contributed by atoms with Crippen molar-refractivity contribution in [2.24, 2.45) is 0 Å². The molecule has 0 fully saturated rings. The van der Waals surface area contributed by atoms with Gasteiger partial charge in [0, 0.05) is 12.1 Å². The third-order valence-corrected chi connectivity index (χ3v) is 4.17. The third kappa shape index (κ3) is 4.15. The van der Waals surface area contributed by atoms with Gasteiger partial charge in [-0.1, -0.05) is 41.4 Å². The summed E-state index contributed by atoms with van der Waals surface area (Å²) in [5.74, 6) is -0.385. The van der Waals surface area contributed by atoms with Gasteiger partial charge in [-0.05, 0) is 24.1 Å². The number of nitrogens with zero attached hydrogens (tertiary/aromatic N) is 4. The number of imidazole rings is 1. The number of esters is 1. The van der Waals surface area contributed by atoms with Crippen molar-refractivity contribution >= 4 is 40.3 Å². The van der Waals surface area contributed by atoms with E-state index in [1.807, 2.05) is 10.6 Å². The Labute approximate surface area is 154 Å². The molecule has 3 rings (SSSR count). The van der Waals surface area contributed by atoms with E-state index in [4.69, 9.17) is 27.9 Å². The third-order valence-electron chi connectivity index (χ3n) is 3.58. The second kappa shape index (κ2) is 8.09. The van der Waals surface area contributed by atoms with Gasteiger partial charge in [0.1, 0.15) is 18.5 Å². The van der Waals surface area contributed by atoms with Crippen LogP contribution < -0.4 is 0 Å². The number of aromatic nitrogens is 4. The van der Waals surface area contributed by atoms with Crippen LogP contribution in [0.4, 0.5) is 0 Å². The molecule has 0 amide bonds. The molecule has 25 heavy (non-hydrogen) atoms. The fourth-order valence-corrected chi connectivity index (χ4v) is 2.60. The van der Waals surface area contributed by atoms with Gasteiger partial charge >= 0.3 is 5.97 Å². The largest absolute Gasteiger partial charge is 0.458 e. The minimum Gasteiger partial charge on any atom is -0.458 e. The van der Waals surface area contributed by atoms with Gasteiger partial charge in [0.05, 0.1) is 11.9 Å². The fourth-order valence-electron chi connectivity index (χ4n) is 2.25. The Morgan fingerprint density at radius 1 is 1.20 bits per heavy atom. The molecule has 0 aliphatic carbocycles. The normalized spacial score (nSPS) is 11.7. The highest BCUT2D eigenvalue weighted by atomic mass is 35.5. The fraction of sp³-hybridized carbons (Fsp3) is 0.176. The molecule has 0 radical (unpaired) electrons. The van der Waals surface area contributed by atoms with Gasteiger partial charge in [0.25, 0.3) is 0 Å². The van der Waals surface area contributed by atoms with Crippen LogP contribution in [0.3, 0.4) is 0 Å². The number of hydrogen-bond donors (Lipinski definition) is 0. The average molecular weight is 377 g/mol. The molecule has 1 aromatic carbocycles. The molecule has 8 heteroatoms. The maximum atomic E-state index is 12.0. The van der Waals surface area contributed by atoms with Gasteiger partial charge in [0.2, 0.25) is 0 Å². The molecule has 6 nitrogen and oxygen atoms in total. The van der Waals surface area contributed by atoms with Crippen LogP contribution in [0.5, 0.6) is 0 Å². The number of hydrogen-bond acceptors (Lipinski definition) is 5. The number of fused-ring (bicyclic) bond motifs is 1. The highest BCUT2D eigenvalue weighted by Crippen LogP contribution is 2.18. The van der Waals surface area contributed by atoms with Crippen LogP contribution >= 0.6 is 23.2 Å². The van der Waals surface area contributed by atoms with E-state index in [2.05, 4.69) is 15.0 Å². The maximum absolute atomic E-state index is 12.0. The lowest BCUT2D eigenvalue weighted by atomic mass is 10.2. The summed E-state index contributed by atoms with van der Waals surface area (Å²) in [7, 11) is 0.